The van der Waals surface area contributed by atoms with Gasteiger partial charge in [0.2, 0.25) is 0 Å². The van der Waals surface area contributed by atoms with E-state index in [0.29, 0.717) is 13.0 Å². The monoisotopic (exact) mass is 317 g/mol. The van der Waals surface area contributed by atoms with E-state index in [1.807, 2.05) is 18.1 Å². The molecule has 1 saturated heterocycles. The van der Waals surface area contributed by atoms with E-state index in [-0.39, 0.29) is 12.1 Å². The largest absolute Gasteiger partial charge is 0.480 e. The second kappa shape index (κ2) is 9.89. The number of nitrogens with one attached hydrogen (secondary N) is 2. The van der Waals surface area contributed by atoms with Gasteiger partial charge in [0.05, 0.1) is 0 Å². The Labute approximate surface area is 131 Å². The number of hydrogen-bond acceptors (Lipinski definition) is 4. The summed E-state index contributed by atoms with van der Waals surface area (Å²) in [5.74, 6) is -0.239. The minimum absolute atomic E-state index is 0.209. The zero-order chi connectivity index (χ0) is 15.7. The molecule has 1 aliphatic rings. The van der Waals surface area contributed by atoms with Crippen molar-refractivity contribution in [3.05, 3.63) is 0 Å². The van der Waals surface area contributed by atoms with Gasteiger partial charge in [-0.05, 0) is 50.8 Å². The molecule has 0 radical (unpaired) electrons. The van der Waals surface area contributed by atoms with Crippen molar-refractivity contribution in [1.29, 1.82) is 0 Å². The van der Waals surface area contributed by atoms with Crippen LogP contribution in [-0.2, 0) is 4.79 Å². The number of carbonyl (C=O) groups excluding carboxylic acids is 1. The van der Waals surface area contributed by atoms with Crippen molar-refractivity contribution in [3.8, 4) is 0 Å². The molecular formula is C14H27N3O3S. The standard InChI is InChI=1S/C14H27N3O3S/c1-3-9-17(11-4-7-15-8-5-11)14(20)16-12(13(18)19)6-10-21-2/h11-12,15H,3-10H2,1-2H3,(H,16,20)(H,18,19)/t12-/m0/s1. The maximum absolute atomic E-state index is 12.4. The fraction of sp³-hybridized carbons (Fsp3) is 0.857. The molecule has 2 amide bonds. The lowest BCUT2D eigenvalue weighted by Crippen LogP contribution is -2.53. The van der Waals surface area contributed by atoms with Gasteiger partial charge in [-0.1, -0.05) is 6.92 Å². The van der Waals surface area contributed by atoms with Gasteiger partial charge in [-0.2, -0.15) is 11.8 Å². The van der Waals surface area contributed by atoms with Crippen molar-refractivity contribution in [2.45, 2.75) is 44.7 Å². The number of thioether (sulfide) groups is 1. The molecule has 0 bridgehead atoms. The maximum Gasteiger partial charge on any atom is 0.326 e. The Hall–Kier alpha value is -0.950. The summed E-state index contributed by atoms with van der Waals surface area (Å²) in [6.45, 7) is 4.52. The lowest BCUT2D eigenvalue weighted by molar-refractivity contribution is -0.139. The van der Waals surface area contributed by atoms with E-state index in [0.717, 1.165) is 38.1 Å². The van der Waals surface area contributed by atoms with Crippen LogP contribution in [-0.4, -0.2) is 65.7 Å². The third-order valence-electron chi connectivity index (χ3n) is 3.68. The Kier molecular flexibility index (Phi) is 8.52. The number of aliphatic carboxylic acids is 1. The van der Waals surface area contributed by atoms with Gasteiger partial charge in [0.15, 0.2) is 0 Å². The Morgan fingerprint density at radius 2 is 2.10 bits per heavy atom. The lowest BCUT2D eigenvalue weighted by atomic mass is 10.0. The number of rotatable bonds is 8. The first-order valence-corrected chi connectivity index (χ1v) is 8.99. The van der Waals surface area contributed by atoms with E-state index in [4.69, 9.17) is 0 Å². The SMILES string of the molecule is CCCN(C(=O)N[C@@H](CCSC)C(=O)O)C1CCNCC1. The molecule has 3 N–H and O–H groups in total. The fourth-order valence-corrected chi connectivity index (χ4v) is 3.01. The first-order chi connectivity index (χ1) is 10.1. The summed E-state index contributed by atoms with van der Waals surface area (Å²) in [6, 6.07) is -0.829. The van der Waals surface area contributed by atoms with E-state index in [2.05, 4.69) is 10.6 Å². The molecule has 6 nitrogen and oxygen atoms in total. The highest BCUT2D eigenvalue weighted by Crippen LogP contribution is 2.13. The maximum atomic E-state index is 12.4. The van der Waals surface area contributed by atoms with Crippen LogP contribution in [0.25, 0.3) is 0 Å². The molecule has 1 atom stereocenters. The third-order valence-corrected chi connectivity index (χ3v) is 4.33. The third kappa shape index (κ3) is 6.13. The van der Waals surface area contributed by atoms with Crippen LogP contribution in [0.15, 0.2) is 0 Å². The summed E-state index contributed by atoms with van der Waals surface area (Å²) < 4.78 is 0. The van der Waals surface area contributed by atoms with Crippen molar-refractivity contribution < 1.29 is 14.7 Å². The molecule has 1 fully saturated rings. The number of piperidine rings is 1. The molecule has 21 heavy (non-hydrogen) atoms. The van der Waals surface area contributed by atoms with Crippen molar-refractivity contribution in [3.63, 3.8) is 0 Å². The van der Waals surface area contributed by atoms with Gasteiger partial charge in [0.25, 0.3) is 0 Å². The Morgan fingerprint density at radius 1 is 1.43 bits per heavy atom. The van der Waals surface area contributed by atoms with Gasteiger partial charge in [0.1, 0.15) is 6.04 Å². The summed E-state index contributed by atoms with van der Waals surface area (Å²) in [7, 11) is 0. The highest BCUT2D eigenvalue weighted by atomic mass is 32.2. The Balaban J connectivity index is 2.63. The minimum atomic E-state index is -0.959. The molecule has 0 aliphatic carbocycles. The molecule has 0 aromatic rings. The molecule has 0 aromatic carbocycles. The summed E-state index contributed by atoms with van der Waals surface area (Å²) >= 11 is 1.58. The van der Waals surface area contributed by atoms with Crippen molar-refractivity contribution >= 4 is 23.8 Å². The molecule has 122 valence electrons. The number of hydrogen-bond donors (Lipinski definition) is 3. The minimum Gasteiger partial charge on any atom is -0.480 e. The predicted molar refractivity (Wildman–Crippen MR) is 85.8 cm³/mol. The predicted octanol–water partition coefficient (Wildman–Crippen LogP) is 1.37. The van der Waals surface area contributed by atoms with Gasteiger partial charge in [-0.3, -0.25) is 0 Å². The number of urea groups is 1. The average molecular weight is 317 g/mol. The normalized spacial score (nSPS) is 17.2. The average Bonchev–Trinajstić information content (AvgIpc) is 2.49. The van der Waals surface area contributed by atoms with Gasteiger partial charge in [0, 0.05) is 12.6 Å². The van der Waals surface area contributed by atoms with Crippen molar-refractivity contribution in [2.75, 3.05) is 31.6 Å². The number of nitrogens with zero attached hydrogens (tertiary/aromatic N) is 1. The molecule has 0 unspecified atom stereocenters. The lowest BCUT2D eigenvalue weighted by Gasteiger charge is -2.35. The molecule has 0 saturated carbocycles. The molecule has 7 heteroatoms. The Bertz CT molecular complexity index is 335. The van der Waals surface area contributed by atoms with Crippen LogP contribution in [0.2, 0.25) is 0 Å². The van der Waals surface area contributed by atoms with Crippen LogP contribution in [0, 0.1) is 0 Å². The van der Waals surface area contributed by atoms with Gasteiger partial charge < -0.3 is 20.6 Å². The van der Waals surface area contributed by atoms with Gasteiger partial charge in [-0.15, -0.1) is 0 Å². The highest BCUT2D eigenvalue weighted by molar-refractivity contribution is 7.98. The fourth-order valence-electron chi connectivity index (χ4n) is 2.53. The summed E-state index contributed by atoms with van der Waals surface area (Å²) in [4.78, 5) is 25.5. The van der Waals surface area contributed by atoms with Gasteiger partial charge >= 0.3 is 12.0 Å². The van der Waals surface area contributed by atoms with E-state index in [1.54, 1.807) is 11.8 Å². The molecule has 1 heterocycles. The van der Waals surface area contributed by atoms with Crippen LogP contribution in [0.4, 0.5) is 4.79 Å². The number of carbonyl (C=O) groups is 2. The van der Waals surface area contributed by atoms with Crippen molar-refractivity contribution in [1.82, 2.24) is 15.5 Å². The second-order valence-electron chi connectivity index (χ2n) is 5.30. The zero-order valence-corrected chi connectivity index (χ0v) is 13.7. The van der Waals surface area contributed by atoms with E-state index in [9.17, 15) is 14.7 Å². The zero-order valence-electron chi connectivity index (χ0n) is 12.9. The number of carboxylic acid groups (broad SMARTS) is 1. The number of carboxylic acids is 1. The summed E-state index contributed by atoms with van der Waals surface area (Å²) in [6.07, 6.45) is 5.11. The van der Waals surface area contributed by atoms with E-state index >= 15 is 0 Å². The first kappa shape index (κ1) is 18.1. The smallest absolute Gasteiger partial charge is 0.326 e. The van der Waals surface area contributed by atoms with Crippen LogP contribution in [0.5, 0.6) is 0 Å². The Morgan fingerprint density at radius 3 is 2.62 bits per heavy atom. The topological polar surface area (TPSA) is 81.7 Å². The quantitative estimate of drug-likeness (QED) is 0.630. The van der Waals surface area contributed by atoms with Crippen LogP contribution in [0.3, 0.4) is 0 Å². The van der Waals surface area contributed by atoms with Crippen molar-refractivity contribution in [2.24, 2.45) is 0 Å². The highest BCUT2D eigenvalue weighted by Gasteiger charge is 2.28. The molecule has 1 aliphatic heterocycles. The second-order valence-corrected chi connectivity index (χ2v) is 6.28. The van der Waals surface area contributed by atoms with E-state index in [1.165, 1.54) is 0 Å². The van der Waals surface area contributed by atoms with Gasteiger partial charge in [-0.25, -0.2) is 9.59 Å². The molecular weight excluding hydrogens is 290 g/mol. The first-order valence-electron chi connectivity index (χ1n) is 7.59. The van der Waals surface area contributed by atoms with Crippen LogP contribution in [0.1, 0.15) is 32.6 Å². The number of amides is 2. The molecule has 0 aromatic heterocycles. The molecule has 0 spiro atoms. The summed E-state index contributed by atoms with van der Waals surface area (Å²) in [5.41, 5.74) is 0. The summed E-state index contributed by atoms with van der Waals surface area (Å²) in [5, 5.41) is 15.2. The van der Waals surface area contributed by atoms with Crippen LogP contribution >= 0.6 is 11.8 Å². The van der Waals surface area contributed by atoms with E-state index < -0.39 is 12.0 Å². The molecule has 1 rings (SSSR count). The van der Waals surface area contributed by atoms with Crippen LogP contribution < -0.4 is 10.6 Å².